The van der Waals surface area contributed by atoms with Gasteiger partial charge in [0, 0.05) is 11.4 Å². The van der Waals surface area contributed by atoms with Crippen LogP contribution in [0.25, 0.3) is 11.1 Å². The van der Waals surface area contributed by atoms with E-state index in [2.05, 4.69) is 10.3 Å². The quantitative estimate of drug-likeness (QED) is 0.483. The van der Waals surface area contributed by atoms with Crippen LogP contribution in [0.15, 0.2) is 46.1 Å². The van der Waals surface area contributed by atoms with Crippen molar-refractivity contribution in [1.29, 1.82) is 0 Å². The highest BCUT2D eigenvalue weighted by atomic mass is 16.3. The maximum absolute atomic E-state index is 12.5. The van der Waals surface area contributed by atoms with Crippen molar-refractivity contribution in [1.82, 2.24) is 9.55 Å². The Bertz CT molecular complexity index is 961. The fraction of sp³-hybridized carbons (Fsp3) is 0.188. The predicted molar refractivity (Wildman–Crippen MR) is 90.2 cm³/mol. The number of nitrogens with zero attached hydrogens (tertiary/aromatic N) is 2. The lowest BCUT2D eigenvalue weighted by Gasteiger charge is -2.09. The molecule has 25 heavy (non-hydrogen) atoms. The van der Waals surface area contributed by atoms with Crippen LogP contribution in [0.1, 0.15) is 10.4 Å². The molecule has 1 atom stereocenters. The van der Waals surface area contributed by atoms with E-state index in [9.17, 15) is 14.7 Å². The largest absolute Gasteiger partial charge is 0.445 e. The van der Waals surface area contributed by atoms with Crippen LogP contribution >= 0.6 is 0 Å². The number of aliphatic hydroxyl groups excluding tert-OH is 2. The first kappa shape index (κ1) is 16.7. The van der Waals surface area contributed by atoms with Crippen LogP contribution in [-0.4, -0.2) is 38.4 Å². The van der Waals surface area contributed by atoms with Gasteiger partial charge in [0.25, 0.3) is 11.5 Å². The Morgan fingerprint density at radius 3 is 2.76 bits per heavy atom. The smallest absolute Gasteiger partial charge is 0.265 e. The average Bonchev–Trinajstić information content (AvgIpc) is 3.04. The fourth-order valence-electron chi connectivity index (χ4n) is 2.31. The van der Waals surface area contributed by atoms with E-state index in [1.807, 2.05) is 0 Å². The normalized spacial score (nSPS) is 12.2. The monoisotopic (exact) mass is 344 g/mol. The molecule has 0 aliphatic heterocycles. The third-order valence-electron chi connectivity index (χ3n) is 3.59. The number of fused-ring (bicyclic) bond motifs is 1. The van der Waals surface area contributed by atoms with Gasteiger partial charge in [-0.05, 0) is 24.3 Å². The van der Waals surface area contributed by atoms with E-state index >= 15 is 0 Å². The molecule has 0 saturated heterocycles. The number of nitrogen functional groups attached to an aromatic ring is 1. The minimum absolute atomic E-state index is 0.000541. The van der Waals surface area contributed by atoms with Crippen LogP contribution < -0.4 is 16.6 Å². The first-order valence-corrected chi connectivity index (χ1v) is 7.42. The highest BCUT2D eigenvalue weighted by Crippen LogP contribution is 2.18. The molecule has 2 heterocycles. The molecule has 5 N–H and O–H groups in total. The maximum atomic E-state index is 12.5. The van der Waals surface area contributed by atoms with Crippen LogP contribution in [0, 0.1) is 0 Å². The number of carbonyl (C=O) groups is 1. The molecule has 0 spiro atoms. The highest BCUT2D eigenvalue weighted by Gasteiger charge is 2.20. The lowest BCUT2D eigenvalue weighted by atomic mass is 10.2. The summed E-state index contributed by atoms with van der Waals surface area (Å²) in [6.07, 6.45) is 1.23. The van der Waals surface area contributed by atoms with Crippen LogP contribution in [0.5, 0.6) is 0 Å². The van der Waals surface area contributed by atoms with Gasteiger partial charge in [-0.25, -0.2) is 4.98 Å². The molecule has 1 amide bonds. The molecule has 2 aromatic heterocycles. The molecule has 3 rings (SSSR count). The Kier molecular flexibility index (Phi) is 4.50. The average molecular weight is 344 g/mol. The topological polar surface area (TPSA) is 144 Å². The number of hydrogen-bond donors (Lipinski definition) is 4. The Morgan fingerprint density at radius 2 is 2.08 bits per heavy atom. The summed E-state index contributed by atoms with van der Waals surface area (Å²) < 4.78 is 6.29. The molecular formula is C16H16N4O5. The van der Waals surface area contributed by atoms with E-state index in [-0.39, 0.29) is 23.2 Å². The third kappa shape index (κ3) is 3.37. The summed E-state index contributed by atoms with van der Waals surface area (Å²) >= 11 is 0. The van der Waals surface area contributed by atoms with E-state index in [0.717, 1.165) is 10.8 Å². The van der Waals surface area contributed by atoms with E-state index in [4.69, 9.17) is 15.3 Å². The molecular weight excluding hydrogens is 328 g/mol. The number of hydrogen-bond acceptors (Lipinski definition) is 7. The summed E-state index contributed by atoms with van der Waals surface area (Å²) in [5, 5.41) is 21.1. The standard InChI is InChI=1S/C16H16N4O5/c17-9-1-3-10(4-2-9)19-14(23)12-7-25-15-13(12)16(24)20(8-18-15)5-11(22)6-21/h1-4,7-8,11,21-22H,5-6,17H2,(H,19,23). The Hall–Kier alpha value is -3.17. The first-order chi connectivity index (χ1) is 12.0. The first-order valence-electron chi connectivity index (χ1n) is 7.42. The summed E-state index contributed by atoms with van der Waals surface area (Å²) in [6, 6.07) is 6.52. The number of nitrogens with two attached hydrogens (primary N) is 1. The second kappa shape index (κ2) is 6.75. The summed E-state index contributed by atoms with van der Waals surface area (Å²) in [4.78, 5) is 28.9. The molecule has 0 radical (unpaired) electrons. The van der Waals surface area contributed by atoms with Crippen LogP contribution in [-0.2, 0) is 6.54 Å². The number of benzene rings is 1. The number of aromatic nitrogens is 2. The number of furan rings is 1. The Balaban J connectivity index is 1.95. The molecule has 0 fully saturated rings. The third-order valence-corrected chi connectivity index (χ3v) is 3.59. The SMILES string of the molecule is Nc1ccc(NC(=O)c2coc3ncn(CC(O)CO)c(=O)c23)cc1. The van der Waals surface area contributed by atoms with Crippen molar-refractivity contribution in [3.63, 3.8) is 0 Å². The van der Waals surface area contributed by atoms with Crippen molar-refractivity contribution in [2.24, 2.45) is 0 Å². The molecule has 1 aromatic carbocycles. The molecule has 130 valence electrons. The number of rotatable bonds is 5. The maximum Gasteiger partial charge on any atom is 0.265 e. The number of aliphatic hydroxyl groups is 2. The van der Waals surface area contributed by atoms with Gasteiger partial charge in [0.05, 0.1) is 24.8 Å². The van der Waals surface area contributed by atoms with Gasteiger partial charge < -0.3 is 25.7 Å². The minimum Gasteiger partial charge on any atom is -0.445 e. The van der Waals surface area contributed by atoms with Gasteiger partial charge >= 0.3 is 0 Å². The van der Waals surface area contributed by atoms with E-state index in [0.29, 0.717) is 11.4 Å². The number of nitrogens with one attached hydrogen (secondary N) is 1. The Labute approximate surface area is 141 Å². The summed E-state index contributed by atoms with van der Waals surface area (Å²) in [6.45, 7) is -0.650. The number of amides is 1. The predicted octanol–water partition coefficient (Wildman–Crippen LogP) is 0.177. The minimum atomic E-state index is -1.11. The van der Waals surface area contributed by atoms with Crippen molar-refractivity contribution in [2.45, 2.75) is 12.6 Å². The number of carbonyl (C=O) groups excluding carboxylic acids is 1. The van der Waals surface area contributed by atoms with Crippen LogP contribution in [0.2, 0.25) is 0 Å². The summed E-state index contributed by atoms with van der Waals surface area (Å²) in [5.41, 5.74) is 6.15. The fourth-order valence-corrected chi connectivity index (χ4v) is 2.31. The molecule has 0 aliphatic rings. The van der Waals surface area contributed by atoms with Crippen LogP contribution in [0.3, 0.4) is 0 Å². The van der Waals surface area contributed by atoms with Crippen LogP contribution in [0.4, 0.5) is 11.4 Å². The molecule has 3 aromatic rings. The highest BCUT2D eigenvalue weighted by molar-refractivity contribution is 6.11. The molecule has 1 unspecified atom stereocenters. The van der Waals surface area contributed by atoms with Gasteiger partial charge in [-0.2, -0.15) is 0 Å². The van der Waals surface area contributed by atoms with Gasteiger partial charge in [0.1, 0.15) is 18.0 Å². The lowest BCUT2D eigenvalue weighted by molar-refractivity contribution is 0.0802. The van der Waals surface area contributed by atoms with E-state index in [1.165, 1.54) is 6.33 Å². The second-order valence-corrected chi connectivity index (χ2v) is 5.44. The van der Waals surface area contributed by atoms with E-state index < -0.39 is 24.2 Å². The molecule has 0 aliphatic carbocycles. The molecule has 9 heteroatoms. The number of anilines is 2. The zero-order chi connectivity index (χ0) is 18.0. The van der Waals surface area contributed by atoms with Crippen molar-refractivity contribution in [3.8, 4) is 0 Å². The summed E-state index contributed by atoms with van der Waals surface area (Å²) in [7, 11) is 0. The van der Waals surface area contributed by atoms with Gasteiger partial charge in [0.15, 0.2) is 0 Å². The van der Waals surface area contributed by atoms with Gasteiger partial charge in [-0.3, -0.25) is 14.2 Å². The van der Waals surface area contributed by atoms with Crippen molar-refractivity contribution in [2.75, 3.05) is 17.7 Å². The zero-order valence-electron chi connectivity index (χ0n) is 13.0. The zero-order valence-corrected chi connectivity index (χ0v) is 13.0. The lowest BCUT2D eigenvalue weighted by Crippen LogP contribution is -2.29. The van der Waals surface area contributed by atoms with Crippen molar-refractivity contribution >= 4 is 28.4 Å². The van der Waals surface area contributed by atoms with E-state index in [1.54, 1.807) is 24.3 Å². The van der Waals surface area contributed by atoms with Gasteiger partial charge in [-0.1, -0.05) is 0 Å². The summed E-state index contributed by atoms with van der Waals surface area (Å²) in [5.74, 6) is -0.539. The van der Waals surface area contributed by atoms with Crippen molar-refractivity contribution < 1.29 is 19.4 Å². The van der Waals surface area contributed by atoms with Gasteiger partial charge in [-0.15, -0.1) is 0 Å². The molecule has 9 nitrogen and oxygen atoms in total. The van der Waals surface area contributed by atoms with Crippen molar-refractivity contribution in [3.05, 3.63) is 52.8 Å². The second-order valence-electron chi connectivity index (χ2n) is 5.44. The molecule has 0 saturated carbocycles. The van der Waals surface area contributed by atoms with Gasteiger partial charge in [0.2, 0.25) is 5.71 Å². The molecule has 0 bridgehead atoms. The Morgan fingerprint density at radius 1 is 1.36 bits per heavy atom.